The number of ether oxygens (including phenoxy) is 1. The Kier molecular flexibility index (Phi) is 6.90. The van der Waals surface area contributed by atoms with Crippen LogP contribution in [0.3, 0.4) is 0 Å². The van der Waals surface area contributed by atoms with E-state index in [1.54, 1.807) is 7.11 Å². The van der Waals surface area contributed by atoms with Crippen molar-refractivity contribution in [3.63, 3.8) is 0 Å². The maximum absolute atomic E-state index is 12.4. The monoisotopic (exact) mass is 318 g/mol. The van der Waals surface area contributed by atoms with E-state index in [4.69, 9.17) is 4.74 Å². The molecular formula is C19H30N2O2. The van der Waals surface area contributed by atoms with E-state index in [1.165, 1.54) is 11.3 Å². The maximum Gasteiger partial charge on any atom is 0.222 e. The van der Waals surface area contributed by atoms with Crippen molar-refractivity contribution in [2.45, 2.75) is 45.6 Å². The molecule has 1 atom stereocenters. The van der Waals surface area contributed by atoms with Crippen molar-refractivity contribution >= 4 is 11.6 Å². The fourth-order valence-corrected chi connectivity index (χ4v) is 3.16. The second-order valence-corrected chi connectivity index (χ2v) is 6.52. The van der Waals surface area contributed by atoms with E-state index in [0.29, 0.717) is 12.3 Å². The molecule has 0 saturated carbocycles. The number of carbonyl (C=O) groups is 1. The molecule has 0 bridgehead atoms. The van der Waals surface area contributed by atoms with Gasteiger partial charge < -0.3 is 14.5 Å². The highest BCUT2D eigenvalue weighted by Crippen LogP contribution is 2.20. The van der Waals surface area contributed by atoms with Crippen LogP contribution in [0.5, 0.6) is 0 Å². The van der Waals surface area contributed by atoms with Crippen LogP contribution in [0.25, 0.3) is 0 Å². The summed E-state index contributed by atoms with van der Waals surface area (Å²) in [6.45, 7) is 7.71. The van der Waals surface area contributed by atoms with Crippen molar-refractivity contribution < 1.29 is 9.53 Å². The van der Waals surface area contributed by atoms with Gasteiger partial charge in [-0.3, -0.25) is 4.79 Å². The highest BCUT2D eigenvalue weighted by atomic mass is 16.5. The Bertz CT molecular complexity index is 487. The van der Waals surface area contributed by atoms with Crippen molar-refractivity contribution in [3.05, 3.63) is 29.8 Å². The molecule has 2 rings (SSSR count). The average molecular weight is 318 g/mol. The Hall–Kier alpha value is -1.55. The predicted molar refractivity (Wildman–Crippen MR) is 94.9 cm³/mol. The van der Waals surface area contributed by atoms with Gasteiger partial charge in [0.1, 0.15) is 0 Å². The Labute approximate surface area is 140 Å². The summed E-state index contributed by atoms with van der Waals surface area (Å²) in [5.74, 6) is 0.304. The second kappa shape index (κ2) is 8.92. The minimum Gasteiger partial charge on any atom is -0.385 e. The number of piperazine rings is 1. The lowest BCUT2D eigenvalue weighted by molar-refractivity contribution is -0.133. The topological polar surface area (TPSA) is 32.8 Å². The number of unbranched alkanes of at least 4 members (excludes halogenated alkanes) is 2. The zero-order chi connectivity index (χ0) is 16.7. The molecule has 4 nitrogen and oxygen atoms in total. The van der Waals surface area contributed by atoms with Gasteiger partial charge in [0.15, 0.2) is 0 Å². The molecule has 4 heteroatoms. The minimum atomic E-state index is 0.275. The molecule has 23 heavy (non-hydrogen) atoms. The van der Waals surface area contributed by atoms with E-state index in [0.717, 1.165) is 45.5 Å². The van der Waals surface area contributed by atoms with Crippen molar-refractivity contribution in [1.29, 1.82) is 0 Å². The number of aryl methyl sites for hydroxylation is 1. The zero-order valence-electron chi connectivity index (χ0n) is 14.8. The molecule has 1 aliphatic heterocycles. The average Bonchev–Trinajstić information content (AvgIpc) is 2.55. The Balaban J connectivity index is 1.79. The molecule has 1 amide bonds. The summed E-state index contributed by atoms with van der Waals surface area (Å²) < 4.78 is 5.04. The molecule has 0 radical (unpaired) electrons. The maximum atomic E-state index is 12.4. The highest BCUT2D eigenvalue weighted by Gasteiger charge is 2.26. The van der Waals surface area contributed by atoms with Crippen molar-refractivity contribution in [1.82, 2.24) is 4.90 Å². The number of amides is 1. The molecule has 1 heterocycles. The number of rotatable bonds is 7. The van der Waals surface area contributed by atoms with E-state index >= 15 is 0 Å². The Morgan fingerprint density at radius 3 is 2.57 bits per heavy atom. The van der Waals surface area contributed by atoms with Gasteiger partial charge in [-0.1, -0.05) is 24.1 Å². The van der Waals surface area contributed by atoms with E-state index < -0.39 is 0 Å². The van der Waals surface area contributed by atoms with E-state index in [-0.39, 0.29) is 6.04 Å². The quantitative estimate of drug-likeness (QED) is 0.724. The minimum absolute atomic E-state index is 0.275. The highest BCUT2D eigenvalue weighted by molar-refractivity contribution is 5.76. The third-order valence-electron chi connectivity index (χ3n) is 4.59. The van der Waals surface area contributed by atoms with Crippen LogP contribution in [0.4, 0.5) is 5.69 Å². The van der Waals surface area contributed by atoms with E-state index in [9.17, 15) is 4.79 Å². The van der Waals surface area contributed by atoms with Crippen LogP contribution >= 0.6 is 0 Å². The molecule has 128 valence electrons. The van der Waals surface area contributed by atoms with E-state index in [2.05, 4.69) is 47.9 Å². The standard InChI is InChI=1S/C19H30N2O2/c1-16-8-10-18(11-9-16)20-12-13-21(17(2)15-20)19(22)7-5-4-6-14-23-3/h8-11,17H,4-7,12-15H2,1-3H3. The first kappa shape index (κ1) is 17.8. The van der Waals surface area contributed by atoms with Gasteiger partial charge >= 0.3 is 0 Å². The molecular weight excluding hydrogens is 288 g/mol. The first-order valence-corrected chi connectivity index (χ1v) is 8.72. The smallest absolute Gasteiger partial charge is 0.222 e. The fraction of sp³-hybridized carbons (Fsp3) is 0.632. The van der Waals surface area contributed by atoms with Crippen molar-refractivity contribution in [3.8, 4) is 0 Å². The normalized spacial score (nSPS) is 18.3. The van der Waals surface area contributed by atoms with Crippen LogP contribution in [-0.4, -0.2) is 50.2 Å². The first-order chi connectivity index (χ1) is 11.1. The van der Waals surface area contributed by atoms with Crippen LogP contribution in [0.1, 0.15) is 38.2 Å². The lowest BCUT2D eigenvalue weighted by atomic mass is 10.1. The number of hydrogen-bond donors (Lipinski definition) is 0. The van der Waals surface area contributed by atoms with Crippen LogP contribution in [0.15, 0.2) is 24.3 Å². The van der Waals surface area contributed by atoms with Gasteiger partial charge in [-0.2, -0.15) is 0 Å². The molecule has 1 unspecified atom stereocenters. The number of benzene rings is 1. The zero-order valence-corrected chi connectivity index (χ0v) is 14.8. The summed E-state index contributed by atoms with van der Waals surface area (Å²) in [5.41, 5.74) is 2.54. The molecule has 0 aromatic heterocycles. The molecule has 1 aromatic carbocycles. The number of carbonyl (C=O) groups excluding carboxylic acids is 1. The molecule has 0 spiro atoms. The fourth-order valence-electron chi connectivity index (χ4n) is 3.16. The van der Waals surface area contributed by atoms with Crippen molar-refractivity contribution in [2.24, 2.45) is 0 Å². The molecule has 1 aromatic rings. The predicted octanol–water partition coefficient (Wildman–Crippen LogP) is 3.24. The summed E-state index contributed by atoms with van der Waals surface area (Å²) in [5, 5.41) is 0. The number of anilines is 1. The van der Waals surface area contributed by atoms with Gasteiger partial charge in [0.25, 0.3) is 0 Å². The van der Waals surface area contributed by atoms with Gasteiger partial charge in [-0.25, -0.2) is 0 Å². The summed E-state index contributed by atoms with van der Waals surface area (Å²) in [4.78, 5) is 16.8. The number of methoxy groups -OCH3 is 1. The lowest BCUT2D eigenvalue weighted by Crippen LogP contribution is -2.54. The summed E-state index contributed by atoms with van der Waals surface area (Å²) in [6, 6.07) is 8.93. The summed E-state index contributed by atoms with van der Waals surface area (Å²) in [7, 11) is 1.72. The van der Waals surface area contributed by atoms with Crippen molar-refractivity contribution in [2.75, 3.05) is 38.3 Å². The van der Waals surface area contributed by atoms with Crippen LogP contribution in [0, 0.1) is 6.92 Å². The Morgan fingerprint density at radius 2 is 1.91 bits per heavy atom. The van der Waals surface area contributed by atoms with Gasteiger partial charge in [0, 0.05) is 51.5 Å². The van der Waals surface area contributed by atoms with Gasteiger partial charge in [0.2, 0.25) is 5.91 Å². The van der Waals surface area contributed by atoms with Gasteiger partial charge in [-0.15, -0.1) is 0 Å². The molecule has 0 N–H and O–H groups in total. The van der Waals surface area contributed by atoms with Gasteiger partial charge in [-0.05, 0) is 38.8 Å². The molecule has 1 aliphatic rings. The summed E-state index contributed by atoms with van der Waals surface area (Å²) >= 11 is 0. The SMILES string of the molecule is COCCCCCC(=O)N1CCN(c2ccc(C)cc2)CC1C. The van der Waals surface area contributed by atoms with E-state index in [1.807, 2.05) is 0 Å². The van der Waals surface area contributed by atoms with Crippen LogP contribution in [-0.2, 0) is 9.53 Å². The third kappa shape index (κ3) is 5.24. The Morgan fingerprint density at radius 1 is 1.17 bits per heavy atom. The molecule has 1 fully saturated rings. The second-order valence-electron chi connectivity index (χ2n) is 6.52. The largest absolute Gasteiger partial charge is 0.385 e. The molecule has 1 saturated heterocycles. The van der Waals surface area contributed by atoms with Crippen LogP contribution in [0.2, 0.25) is 0 Å². The third-order valence-corrected chi connectivity index (χ3v) is 4.59. The van der Waals surface area contributed by atoms with Gasteiger partial charge in [0.05, 0.1) is 0 Å². The first-order valence-electron chi connectivity index (χ1n) is 8.72. The van der Waals surface area contributed by atoms with Crippen LogP contribution < -0.4 is 4.90 Å². The number of nitrogens with zero attached hydrogens (tertiary/aromatic N) is 2. The number of hydrogen-bond acceptors (Lipinski definition) is 3. The summed E-state index contributed by atoms with van der Waals surface area (Å²) in [6.07, 6.45) is 3.74. The molecule has 0 aliphatic carbocycles. The lowest BCUT2D eigenvalue weighted by Gasteiger charge is -2.41.